The molecule has 2 aliphatic rings. The first-order chi connectivity index (χ1) is 24.3. The van der Waals surface area contributed by atoms with Crippen molar-refractivity contribution in [1.29, 1.82) is 0 Å². The van der Waals surface area contributed by atoms with E-state index in [9.17, 15) is 14.4 Å². The van der Waals surface area contributed by atoms with Crippen molar-refractivity contribution in [2.45, 2.75) is 97.6 Å². The first kappa shape index (κ1) is 36.4. The Morgan fingerprint density at radius 2 is 1.72 bits per heavy atom. The zero-order valence-electron chi connectivity index (χ0n) is 30.2. The van der Waals surface area contributed by atoms with Gasteiger partial charge in [0.15, 0.2) is 0 Å². The van der Waals surface area contributed by atoms with E-state index < -0.39 is 11.5 Å². The molecule has 1 unspecified atom stereocenters. The molecule has 264 valence electrons. The largest absolute Gasteiger partial charge is 0.463 e. The fraction of sp³-hybridized carbons (Fsp3) is 0.405. The summed E-state index contributed by atoms with van der Waals surface area (Å²) in [6.07, 6.45) is 10.4. The van der Waals surface area contributed by atoms with Crippen LogP contribution < -0.4 is 16.0 Å². The molecule has 1 aromatic heterocycles. The van der Waals surface area contributed by atoms with E-state index in [-0.39, 0.29) is 11.8 Å². The molecule has 1 atom stereocenters. The van der Waals surface area contributed by atoms with E-state index in [1.165, 1.54) is 60.4 Å². The number of para-hydroxylation sites is 1. The summed E-state index contributed by atoms with van der Waals surface area (Å²) >= 11 is 0. The average Bonchev–Trinajstić information content (AvgIpc) is 3.33. The van der Waals surface area contributed by atoms with E-state index in [1.807, 2.05) is 45.0 Å². The van der Waals surface area contributed by atoms with Crippen molar-refractivity contribution in [2.24, 2.45) is 0 Å². The van der Waals surface area contributed by atoms with Gasteiger partial charge in [-0.25, -0.2) is 4.79 Å². The van der Waals surface area contributed by atoms with Gasteiger partial charge in [0, 0.05) is 52.6 Å². The molecule has 2 amide bonds. The van der Waals surface area contributed by atoms with Crippen LogP contribution in [0.25, 0.3) is 28.2 Å². The molecule has 8 nitrogen and oxygen atoms in total. The molecular weight excluding hydrogens is 624 g/mol. The van der Waals surface area contributed by atoms with Crippen LogP contribution in [0.15, 0.2) is 72.8 Å². The standard InChI is InChI=1S/C40H46N4O4.C2H6/c1-4-23-40(3,39(47)42-30-19-15-27(16-20-30)17-22-35(45)48-5-2)43-38(46)29-18-21-32-34(26-29)44-25-24-41-33-14-10-9-13-31(33)37(44)36(32)28-11-7-6-8-12-28;1-2/h9-10,13-22,26,28,41H,4-8,11-12,23-25H2,1-3H3,(H,42,47)(H,43,46);1-2H3/b22-17+;. The van der Waals surface area contributed by atoms with Gasteiger partial charge in [0.05, 0.1) is 12.3 Å². The van der Waals surface area contributed by atoms with Gasteiger partial charge < -0.3 is 25.3 Å². The van der Waals surface area contributed by atoms with Crippen molar-refractivity contribution in [3.63, 3.8) is 0 Å². The summed E-state index contributed by atoms with van der Waals surface area (Å²) < 4.78 is 7.33. The highest BCUT2D eigenvalue weighted by Crippen LogP contribution is 2.46. The normalized spacial score (nSPS) is 15.4. The summed E-state index contributed by atoms with van der Waals surface area (Å²) in [5.41, 5.74) is 6.92. The molecule has 6 rings (SSSR count). The number of anilines is 2. The Balaban J connectivity index is 0.00000239. The number of amides is 2. The van der Waals surface area contributed by atoms with Gasteiger partial charge in [0.2, 0.25) is 5.91 Å². The number of carbonyl (C=O) groups is 3. The van der Waals surface area contributed by atoms with Crippen molar-refractivity contribution in [3.8, 4) is 11.3 Å². The Bertz CT molecular complexity index is 1830. The van der Waals surface area contributed by atoms with Crippen molar-refractivity contribution in [3.05, 3.63) is 89.5 Å². The fourth-order valence-electron chi connectivity index (χ4n) is 7.35. The summed E-state index contributed by atoms with van der Waals surface area (Å²) in [5, 5.41) is 10.9. The van der Waals surface area contributed by atoms with Crippen LogP contribution in [0.2, 0.25) is 0 Å². The third-order valence-corrected chi connectivity index (χ3v) is 9.72. The van der Waals surface area contributed by atoms with Crippen molar-refractivity contribution in [1.82, 2.24) is 9.88 Å². The summed E-state index contributed by atoms with van der Waals surface area (Å²) in [6, 6.07) is 21.8. The number of fused-ring (bicyclic) bond motifs is 5. The third kappa shape index (κ3) is 7.96. The quantitative estimate of drug-likeness (QED) is 0.115. The fourth-order valence-corrected chi connectivity index (χ4v) is 7.35. The van der Waals surface area contributed by atoms with Crippen molar-refractivity contribution < 1.29 is 19.1 Å². The highest BCUT2D eigenvalue weighted by molar-refractivity contribution is 6.06. The summed E-state index contributed by atoms with van der Waals surface area (Å²) in [5.74, 6) is -0.473. The molecule has 0 radical (unpaired) electrons. The van der Waals surface area contributed by atoms with Crippen LogP contribution in [0.3, 0.4) is 0 Å². The van der Waals surface area contributed by atoms with E-state index in [0.717, 1.165) is 29.9 Å². The third-order valence-electron chi connectivity index (χ3n) is 9.72. The lowest BCUT2D eigenvalue weighted by atomic mass is 9.81. The number of carbonyl (C=O) groups excluding carboxylic acids is 3. The van der Waals surface area contributed by atoms with E-state index in [4.69, 9.17) is 4.74 Å². The topological polar surface area (TPSA) is 101 Å². The van der Waals surface area contributed by atoms with Gasteiger partial charge in [-0.05, 0) is 86.6 Å². The summed E-state index contributed by atoms with van der Waals surface area (Å²) in [7, 11) is 0. The number of rotatable bonds is 10. The van der Waals surface area contributed by atoms with Crippen molar-refractivity contribution >= 4 is 46.1 Å². The molecule has 4 aromatic rings. The number of esters is 1. The molecule has 3 N–H and O–H groups in total. The number of ether oxygens (including phenoxy) is 1. The molecule has 0 bridgehead atoms. The molecule has 2 heterocycles. The van der Waals surface area contributed by atoms with Gasteiger partial charge in [0.25, 0.3) is 5.91 Å². The van der Waals surface area contributed by atoms with E-state index in [0.29, 0.717) is 36.6 Å². The monoisotopic (exact) mass is 676 g/mol. The lowest BCUT2D eigenvalue weighted by molar-refractivity contribution is -0.137. The van der Waals surface area contributed by atoms with E-state index in [2.05, 4.69) is 50.8 Å². The molecule has 1 fully saturated rings. The number of aromatic nitrogens is 1. The Kier molecular flexibility index (Phi) is 12.2. The maximum absolute atomic E-state index is 13.9. The molecule has 0 saturated heterocycles. The predicted octanol–water partition coefficient (Wildman–Crippen LogP) is 9.31. The number of hydrogen-bond acceptors (Lipinski definition) is 5. The smallest absolute Gasteiger partial charge is 0.330 e. The Morgan fingerprint density at radius 1 is 0.980 bits per heavy atom. The molecule has 1 aliphatic carbocycles. The average molecular weight is 677 g/mol. The molecule has 1 saturated carbocycles. The van der Waals surface area contributed by atoms with Gasteiger partial charge in [-0.2, -0.15) is 0 Å². The second kappa shape index (κ2) is 16.7. The predicted molar refractivity (Wildman–Crippen MR) is 205 cm³/mol. The highest BCUT2D eigenvalue weighted by atomic mass is 16.5. The maximum Gasteiger partial charge on any atom is 0.330 e. The molecule has 8 heteroatoms. The van der Waals surface area contributed by atoms with Crippen LogP contribution in [0.5, 0.6) is 0 Å². The maximum atomic E-state index is 13.9. The number of nitrogens with one attached hydrogen (secondary N) is 3. The van der Waals surface area contributed by atoms with Crippen LogP contribution in [-0.2, 0) is 20.9 Å². The Labute approximate surface area is 296 Å². The zero-order chi connectivity index (χ0) is 35.7. The minimum absolute atomic E-state index is 0.274. The van der Waals surface area contributed by atoms with E-state index >= 15 is 0 Å². The summed E-state index contributed by atoms with van der Waals surface area (Å²) in [6.45, 7) is 11.5. The van der Waals surface area contributed by atoms with Crippen LogP contribution in [-0.4, -0.2) is 41.0 Å². The highest BCUT2D eigenvalue weighted by Gasteiger charge is 2.35. The molecule has 3 aromatic carbocycles. The number of nitrogens with zero attached hydrogens (tertiary/aromatic N) is 1. The minimum atomic E-state index is -1.13. The van der Waals surface area contributed by atoms with Crippen LogP contribution in [0.4, 0.5) is 11.4 Å². The molecular formula is C42H52N4O4. The van der Waals surface area contributed by atoms with Gasteiger partial charge in [-0.15, -0.1) is 0 Å². The zero-order valence-corrected chi connectivity index (χ0v) is 30.2. The summed E-state index contributed by atoms with van der Waals surface area (Å²) in [4.78, 5) is 39.3. The molecule has 1 aliphatic heterocycles. The second-order valence-electron chi connectivity index (χ2n) is 13.2. The Hall–Kier alpha value is -4.85. The Morgan fingerprint density at radius 3 is 2.44 bits per heavy atom. The lowest BCUT2D eigenvalue weighted by Crippen LogP contribution is -2.54. The molecule has 0 spiro atoms. The van der Waals surface area contributed by atoms with Gasteiger partial charge >= 0.3 is 5.97 Å². The van der Waals surface area contributed by atoms with Gasteiger partial charge in [-0.1, -0.05) is 82.9 Å². The van der Waals surface area contributed by atoms with Crippen LogP contribution in [0, 0.1) is 0 Å². The minimum Gasteiger partial charge on any atom is -0.463 e. The lowest BCUT2D eigenvalue weighted by Gasteiger charge is -2.29. The SMILES string of the molecule is CC.CCCC(C)(NC(=O)c1ccc2c(C3CCCCC3)c3n(c2c1)CCNc1ccccc1-3)C(=O)Nc1ccc(/C=C/C(=O)OCC)cc1. The molecule has 50 heavy (non-hydrogen) atoms. The van der Waals surface area contributed by atoms with Gasteiger partial charge in [0.1, 0.15) is 5.54 Å². The van der Waals surface area contributed by atoms with E-state index in [1.54, 1.807) is 32.1 Å². The van der Waals surface area contributed by atoms with Crippen LogP contribution >= 0.6 is 0 Å². The number of benzene rings is 3. The van der Waals surface area contributed by atoms with Gasteiger partial charge in [-0.3, -0.25) is 9.59 Å². The first-order valence-electron chi connectivity index (χ1n) is 18.4. The number of hydrogen-bond donors (Lipinski definition) is 3. The second-order valence-corrected chi connectivity index (χ2v) is 13.2. The first-order valence-corrected chi connectivity index (χ1v) is 18.4. The van der Waals surface area contributed by atoms with Crippen molar-refractivity contribution in [2.75, 3.05) is 23.8 Å². The van der Waals surface area contributed by atoms with Crippen LogP contribution in [0.1, 0.15) is 107 Å².